The fourth-order valence-corrected chi connectivity index (χ4v) is 5.86. The van der Waals surface area contributed by atoms with Crippen LogP contribution >= 0.6 is 0 Å². The largest absolute Gasteiger partial charge is 0.292 e. The highest BCUT2D eigenvalue weighted by atomic mass is 15.3. The van der Waals surface area contributed by atoms with Crippen LogP contribution in [0.15, 0.2) is 0 Å². The maximum atomic E-state index is 2.86. The molecule has 0 spiro atoms. The molecule has 1 saturated heterocycles. The molecule has 0 aromatic carbocycles. The molecule has 0 aromatic heterocycles. The molecule has 1 heteroatoms. The standard InChI is InChI=1S/C22H45N/c1-15(2)17-18(5,6)19(7,8)20(9,10)21(11,12)22(13,14)23(17)16(3)4/h15-17H,1-14H3. The maximum Gasteiger partial charge on any atom is 0.0215 e. The summed E-state index contributed by atoms with van der Waals surface area (Å²) < 4.78 is 0. The molecule has 1 fully saturated rings. The van der Waals surface area contributed by atoms with Crippen molar-refractivity contribution >= 4 is 0 Å². The lowest BCUT2D eigenvalue weighted by Gasteiger charge is -2.60. The first kappa shape index (κ1) is 21.0. The van der Waals surface area contributed by atoms with Gasteiger partial charge in [0.2, 0.25) is 0 Å². The van der Waals surface area contributed by atoms with Gasteiger partial charge in [0.05, 0.1) is 0 Å². The van der Waals surface area contributed by atoms with Crippen LogP contribution in [0.4, 0.5) is 0 Å². The number of hydrogen-bond acceptors (Lipinski definition) is 1. The van der Waals surface area contributed by atoms with Crippen LogP contribution in [0.1, 0.15) is 96.9 Å². The Hall–Kier alpha value is -0.0400. The highest BCUT2D eigenvalue weighted by Crippen LogP contribution is 2.68. The number of rotatable bonds is 2. The average molecular weight is 324 g/mol. The predicted octanol–water partition coefficient (Wildman–Crippen LogP) is 6.62. The van der Waals surface area contributed by atoms with Gasteiger partial charge in [0, 0.05) is 17.6 Å². The fourth-order valence-electron chi connectivity index (χ4n) is 5.86. The van der Waals surface area contributed by atoms with Crippen LogP contribution in [0.25, 0.3) is 0 Å². The molecule has 1 nitrogen and oxygen atoms in total. The molecule has 0 saturated carbocycles. The Balaban J connectivity index is 3.90. The van der Waals surface area contributed by atoms with Crippen molar-refractivity contribution in [3.8, 4) is 0 Å². The minimum atomic E-state index is 0.130. The third-order valence-electron chi connectivity index (χ3n) is 9.14. The minimum Gasteiger partial charge on any atom is -0.292 e. The Labute approximate surface area is 147 Å². The van der Waals surface area contributed by atoms with E-state index in [-0.39, 0.29) is 27.2 Å². The molecular formula is C22H45N. The van der Waals surface area contributed by atoms with E-state index in [1.54, 1.807) is 0 Å². The third kappa shape index (κ3) is 2.43. The monoisotopic (exact) mass is 323 g/mol. The lowest BCUT2D eigenvalue weighted by atomic mass is 9.44. The van der Waals surface area contributed by atoms with E-state index in [9.17, 15) is 0 Å². The van der Waals surface area contributed by atoms with Crippen molar-refractivity contribution in [1.82, 2.24) is 4.90 Å². The van der Waals surface area contributed by atoms with Crippen LogP contribution in [0.3, 0.4) is 0 Å². The Morgan fingerprint density at radius 1 is 0.609 bits per heavy atom. The second kappa shape index (κ2) is 5.48. The number of hydrogen-bond donors (Lipinski definition) is 0. The lowest BCUT2D eigenvalue weighted by Crippen LogP contribution is -2.63. The summed E-state index contributed by atoms with van der Waals surface area (Å²) in [5.41, 5.74) is 0.975. The summed E-state index contributed by atoms with van der Waals surface area (Å²) in [5, 5.41) is 0. The van der Waals surface area contributed by atoms with E-state index in [2.05, 4.69) is 102 Å². The molecule has 1 unspecified atom stereocenters. The second-order valence-electron chi connectivity index (χ2n) is 11.3. The Morgan fingerprint density at radius 3 is 1.30 bits per heavy atom. The van der Waals surface area contributed by atoms with Crippen LogP contribution in [-0.4, -0.2) is 22.5 Å². The molecule has 138 valence electrons. The molecular weight excluding hydrogens is 278 g/mol. The molecule has 1 rings (SSSR count). The summed E-state index contributed by atoms with van der Waals surface area (Å²) in [6.45, 7) is 34.7. The Bertz CT molecular complexity index is 395. The van der Waals surface area contributed by atoms with E-state index in [4.69, 9.17) is 0 Å². The van der Waals surface area contributed by atoms with Gasteiger partial charge in [-0.05, 0) is 55.3 Å². The minimum absolute atomic E-state index is 0.130. The topological polar surface area (TPSA) is 3.24 Å². The first-order chi connectivity index (χ1) is 9.89. The van der Waals surface area contributed by atoms with Gasteiger partial charge in [0.15, 0.2) is 0 Å². The summed E-state index contributed by atoms with van der Waals surface area (Å²) >= 11 is 0. The molecule has 0 N–H and O–H groups in total. The average Bonchev–Trinajstić information content (AvgIpc) is 2.33. The summed E-state index contributed by atoms with van der Waals surface area (Å²) in [5.74, 6) is 0.635. The third-order valence-corrected chi connectivity index (χ3v) is 9.14. The summed E-state index contributed by atoms with van der Waals surface area (Å²) in [6, 6.07) is 1.11. The Morgan fingerprint density at radius 2 is 1.00 bits per heavy atom. The van der Waals surface area contributed by atoms with E-state index in [0.29, 0.717) is 18.0 Å². The van der Waals surface area contributed by atoms with Gasteiger partial charge >= 0.3 is 0 Å². The molecule has 0 aromatic rings. The second-order valence-corrected chi connectivity index (χ2v) is 11.3. The molecule has 1 atom stereocenters. The molecule has 23 heavy (non-hydrogen) atoms. The summed E-state index contributed by atoms with van der Waals surface area (Å²) in [4.78, 5) is 2.86. The van der Waals surface area contributed by atoms with Gasteiger partial charge in [-0.15, -0.1) is 0 Å². The molecule has 1 aliphatic heterocycles. The van der Waals surface area contributed by atoms with Gasteiger partial charge in [0.25, 0.3) is 0 Å². The van der Waals surface area contributed by atoms with Gasteiger partial charge in [0.1, 0.15) is 0 Å². The highest BCUT2D eigenvalue weighted by Gasteiger charge is 2.66. The maximum absolute atomic E-state index is 2.86. The van der Waals surface area contributed by atoms with Crippen molar-refractivity contribution in [3.05, 3.63) is 0 Å². The zero-order valence-electron chi connectivity index (χ0n) is 18.7. The van der Waals surface area contributed by atoms with E-state index >= 15 is 0 Å². The fraction of sp³-hybridized carbons (Fsp3) is 1.00. The first-order valence-electron chi connectivity index (χ1n) is 9.67. The van der Waals surface area contributed by atoms with Crippen LogP contribution in [0.5, 0.6) is 0 Å². The SMILES string of the molecule is CC(C)C1N(C(C)C)C(C)(C)C(C)(C)C(C)(C)C(C)(C)C1(C)C. The van der Waals surface area contributed by atoms with E-state index in [1.165, 1.54) is 0 Å². The smallest absolute Gasteiger partial charge is 0.0215 e. The highest BCUT2D eigenvalue weighted by molar-refractivity contribution is 5.17. The van der Waals surface area contributed by atoms with Crippen LogP contribution < -0.4 is 0 Å². The van der Waals surface area contributed by atoms with Gasteiger partial charge in [-0.25, -0.2) is 0 Å². The first-order valence-corrected chi connectivity index (χ1v) is 9.67. The summed E-state index contributed by atoms with van der Waals surface area (Å²) in [6.07, 6.45) is 0. The summed E-state index contributed by atoms with van der Waals surface area (Å²) in [7, 11) is 0. The molecule has 1 aliphatic rings. The van der Waals surface area contributed by atoms with Crippen molar-refractivity contribution in [2.75, 3.05) is 0 Å². The number of likely N-dealkylation sites (tertiary alicyclic amines) is 1. The van der Waals surface area contributed by atoms with Crippen LogP contribution in [0.2, 0.25) is 0 Å². The van der Waals surface area contributed by atoms with Gasteiger partial charge in [-0.3, -0.25) is 4.90 Å². The van der Waals surface area contributed by atoms with Crippen molar-refractivity contribution in [2.24, 2.45) is 27.6 Å². The lowest BCUT2D eigenvalue weighted by molar-refractivity contribution is -0.106. The van der Waals surface area contributed by atoms with Crippen LogP contribution in [-0.2, 0) is 0 Å². The zero-order valence-corrected chi connectivity index (χ0v) is 18.7. The van der Waals surface area contributed by atoms with Crippen LogP contribution in [0, 0.1) is 27.6 Å². The quantitative estimate of drug-likeness (QED) is 0.552. The molecule has 0 amide bonds. The zero-order chi connectivity index (χ0) is 18.8. The van der Waals surface area contributed by atoms with Crippen molar-refractivity contribution in [1.29, 1.82) is 0 Å². The van der Waals surface area contributed by atoms with E-state index < -0.39 is 0 Å². The van der Waals surface area contributed by atoms with Gasteiger partial charge in [-0.2, -0.15) is 0 Å². The molecule has 0 radical (unpaired) electrons. The van der Waals surface area contributed by atoms with E-state index in [1.807, 2.05) is 0 Å². The number of nitrogens with zero attached hydrogens (tertiary/aromatic N) is 1. The van der Waals surface area contributed by atoms with Crippen molar-refractivity contribution < 1.29 is 0 Å². The molecule has 1 heterocycles. The molecule has 0 bridgehead atoms. The van der Waals surface area contributed by atoms with Crippen molar-refractivity contribution in [2.45, 2.75) is 115 Å². The van der Waals surface area contributed by atoms with Gasteiger partial charge < -0.3 is 0 Å². The van der Waals surface area contributed by atoms with E-state index in [0.717, 1.165) is 0 Å². The Kier molecular flexibility index (Phi) is 5.00. The predicted molar refractivity (Wildman–Crippen MR) is 105 cm³/mol. The van der Waals surface area contributed by atoms with Gasteiger partial charge in [-0.1, -0.05) is 69.2 Å². The van der Waals surface area contributed by atoms with Crippen molar-refractivity contribution in [3.63, 3.8) is 0 Å². The normalized spacial score (nSPS) is 32.1. The molecule has 0 aliphatic carbocycles.